The molecule has 0 radical (unpaired) electrons. The van der Waals surface area contributed by atoms with E-state index in [1.165, 1.54) is 17.4 Å². The lowest BCUT2D eigenvalue weighted by Crippen LogP contribution is -2.15. The average molecular weight is 438 g/mol. The zero-order chi connectivity index (χ0) is 20.5. The van der Waals surface area contributed by atoms with Gasteiger partial charge in [0.2, 0.25) is 11.7 Å². The van der Waals surface area contributed by atoms with E-state index in [2.05, 4.69) is 15.1 Å². The monoisotopic (exact) mass is 438 g/mol. The van der Waals surface area contributed by atoms with Crippen LogP contribution in [0.5, 0.6) is 0 Å². The lowest BCUT2D eigenvalue weighted by Gasteiger charge is -2.04. The van der Waals surface area contributed by atoms with Gasteiger partial charge in [0.1, 0.15) is 6.61 Å². The van der Waals surface area contributed by atoms with Gasteiger partial charge in [-0.3, -0.25) is 14.0 Å². The van der Waals surface area contributed by atoms with Gasteiger partial charge in [0.15, 0.2) is 4.96 Å². The summed E-state index contributed by atoms with van der Waals surface area (Å²) in [5.41, 5.74) is 1.92. The Kier molecular flexibility index (Phi) is 4.85. The number of nitrogens with zero attached hydrogens (tertiary/aromatic N) is 4. The fourth-order valence-electron chi connectivity index (χ4n) is 3.00. The van der Waals surface area contributed by atoms with E-state index in [1.807, 2.05) is 41.1 Å². The number of hydrogen-bond donors (Lipinski definition) is 0. The smallest absolute Gasteiger partial charge is 0.306 e. The molecule has 0 unspecified atom stereocenters. The zero-order valence-electron chi connectivity index (χ0n) is 15.5. The molecule has 0 aliphatic rings. The molecule has 30 heavy (non-hydrogen) atoms. The highest BCUT2D eigenvalue weighted by Crippen LogP contribution is 2.23. The summed E-state index contributed by atoms with van der Waals surface area (Å²) in [4.78, 5) is 33.9. The number of para-hydroxylation sites is 1. The predicted molar refractivity (Wildman–Crippen MR) is 113 cm³/mol. The molecule has 4 aromatic heterocycles. The molecule has 0 atom stereocenters. The van der Waals surface area contributed by atoms with Crippen LogP contribution in [0.4, 0.5) is 0 Å². The highest BCUT2D eigenvalue weighted by molar-refractivity contribution is 7.23. The zero-order valence-corrected chi connectivity index (χ0v) is 17.1. The molecule has 5 rings (SSSR count). The van der Waals surface area contributed by atoms with Crippen molar-refractivity contribution < 1.29 is 14.1 Å². The normalized spacial score (nSPS) is 11.3. The van der Waals surface area contributed by atoms with Crippen molar-refractivity contribution in [2.45, 2.75) is 19.4 Å². The maximum Gasteiger partial charge on any atom is 0.306 e. The summed E-state index contributed by atoms with van der Waals surface area (Å²) >= 11 is 2.96. The van der Waals surface area contributed by atoms with Gasteiger partial charge < -0.3 is 9.26 Å². The van der Waals surface area contributed by atoms with Gasteiger partial charge in [0.25, 0.3) is 5.56 Å². The molecule has 4 heterocycles. The van der Waals surface area contributed by atoms with Crippen LogP contribution in [0, 0.1) is 0 Å². The van der Waals surface area contributed by atoms with Crippen LogP contribution in [0.2, 0.25) is 0 Å². The molecule has 0 saturated heterocycles. The minimum Gasteiger partial charge on any atom is -0.459 e. The second-order valence-corrected chi connectivity index (χ2v) is 8.25. The molecule has 1 aromatic carbocycles. The van der Waals surface area contributed by atoms with Gasteiger partial charge in [-0.05, 0) is 23.6 Å². The van der Waals surface area contributed by atoms with E-state index < -0.39 is 5.97 Å². The summed E-state index contributed by atoms with van der Waals surface area (Å²) in [5.74, 6) is 0.445. The molecule has 150 valence electrons. The van der Waals surface area contributed by atoms with Crippen molar-refractivity contribution in [3.05, 3.63) is 69.1 Å². The summed E-state index contributed by atoms with van der Waals surface area (Å²) in [6.07, 6.45) is 0.372. The fraction of sp³-hybridized carbons (Fsp3) is 0.150. The van der Waals surface area contributed by atoms with Crippen molar-refractivity contribution in [3.8, 4) is 11.4 Å². The SMILES string of the molecule is O=C(CCc1nc(-c2ccsc2)no1)OCc1cc(=O)n2c(n1)sc1ccccc12. The van der Waals surface area contributed by atoms with Crippen LogP contribution in [-0.2, 0) is 22.6 Å². The van der Waals surface area contributed by atoms with E-state index in [0.717, 1.165) is 15.8 Å². The molecular weight excluding hydrogens is 424 g/mol. The predicted octanol–water partition coefficient (Wildman–Crippen LogP) is 3.70. The molecule has 0 spiro atoms. The Bertz CT molecular complexity index is 1400. The largest absolute Gasteiger partial charge is 0.459 e. The van der Waals surface area contributed by atoms with Crippen molar-refractivity contribution in [3.63, 3.8) is 0 Å². The van der Waals surface area contributed by atoms with Crippen molar-refractivity contribution in [2.24, 2.45) is 0 Å². The summed E-state index contributed by atoms with van der Waals surface area (Å²) in [7, 11) is 0. The first kappa shape index (κ1) is 18.6. The van der Waals surface area contributed by atoms with E-state index in [-0.39, 0.29) is 25.0 Å². The second-order valence-electron chi connectivity index (χ2n) is 6.46. The maximum absolute atomic E-state index is 12.5. The molecule has 0 N–H and O–H groups in total. The van der Waals surface area contributed by atoms with Crippen molar-refractivity contribution in [2.75, 3.05) is 0 Å². The van der Waals surface area contributed by atoms with Gasteiger partial charge in [-0.2, -0.15) is 16.3 Å². The first-order chi connectivity index (χ1) is 14.7. The molecule has 0 amide bonds. The van der Waals surface area contributed by atoms with E-state index in [0.29, 0.717) is 22.4 Å². The fourth-order valence-corrected chi connectivity index (χ4v) is 4.68. The van der Waals surface area contributed by atoms with Gasteiger partial charge in [0.05, 0.1) is 22.3 Å². The van der Waals surface area contributed by atoms with Crippen LogP contribution in [0.3, 0.4) is 0 Å². The lowest BCUT2D eigenvalue weighted by molar-refractivity contribution is -0.145. The van der Waals surface area contributed by atoms with Gasteiger partial charge in [-0.25, -0.2) is 4.98 Å². The first-order valence-electron chi connectivity index (χ1n) is 9.08. The Morgan fingerprint density at radius 2 is 2.10 bits per heavy atom. The molecule has 0 saturated carbocycles. The summed E-state index contributed by atoms with van der Waals surface area (Å²) in [6, 6.07) is 10.9. The molecular formula is C20H14N4O4S2. The number of ether oxygens (including phenoxy) is 1. The second kappa shape index (κ2) is 7.81. The maximum atomic E-state index is 12.5. The topological polar surface area (TPSA) is 99.6 Å². The molecule has 0 aliphatic carbocycles. The van der Waals surface area contributed by atoms with E-state index in [9.17, 15) is 9.59 Å². The number of fused-ring (bicyclic) bond motifs is 3. The number of carbonyl (C=O) groups excluding carboxylic acids is 1. The number of thiophene rings is 1. The molecule has 0 fully saturated rings. The number of hydrogen-bond acceptors (Lipinski definition) is 9. The highest BCUT2D eigenvalue weighted by Gasteiger charge is 2.13. The molecule has 8 nitrogen and oxygen atoms in total. The number of aryl methyl sites for hydroxylation is 1. The Morgan fingerprint density at radius 3 is 2.97 bits per heavy atom. The van der Waals surface area contributed by atoms with Crippen LogP contribution in [0.15, 0.2) is 56.5 Å². The van der Waals surface area contributed by atoms with Crippen molar-refractivity contribution >= 4 is 43.8 Å². The standard InChI is InChI=1S/C20H14N4O4S2/c25-17-9-13(21-20-24(17)14-3-1-2-4-15(14)30-20)10-27-18(26)6-5-16-22-19(23-28-16)12-7-8-29-11-12/h1-4,7-9,11H,5-6,10H2. The Hall–Kier alpha value is -3.37. The Labute approximate surface area is 177 Å². The first-order valence-corrected chi connectivity index (χ1v) is 10.8. The third-order valence-corrected chi connectivity index (χ3v) is 6.12. The van der Waals surface area contributed by atoms with Gasteiger partial charge >= 0.3 is 5.97 Å². The Morgan fingerprint density at radius 1 is 1.20 bits per heavy atom. The van der Waals surface area contributed by atoms with Crippen LogP contribution in [0.25, 0.3) is 26.6 Å². The van der Waals surface area contributed by atoms with Crippen LogP contribution < -0.4 is 5.56 Å². The van der Waals surface area contributed by atoms with Crippen LogP contribution in [-0.4, -0.2) is 25.5 Å². The minimum atomic E-state index is -0.427. The summed E-state index contributed by atoms with van der Waals surface area (Å²) < 4.78 is 13.0. The van der Waals surface area contributed by atoms with Crippen LogP contribution in [0.1, 0.15) is 18.0 Å². The number of aromatic nitrogens is 4. The summed E-state index contributed by atoms with van der Waals surface area (Å²) in [6.45, 7) is -0.0667. The number of rotatable bonds is 6. The van der Waals surface area contributed by atoms with Gasteiger partial charge in [-0.1, -0.05) is 28.6 Å². The molecule has 0 aliphatic heterocycles. The van der Waals surface area contributed by atoms with E-state index >= 15 is 0 Å². The highest BCUT2D eigenvalue weighted by atomic mass is 32.1. The van der Waals surface area contributed by atoms with Crippen LogP contribution >= 0.6 is 22.7 Å². The number of esters is 1. The van der Waals surface area contributed by atoms with Crippen molar-refractivity contribution in [1.29, 1.82) is 0 Å². The third-order valence-electron chi connectivity index (χ3n) is 4.42. The molecule has 5 aromatic rings. The minimum absolute atomic E-state index is 0.0667. The van der Waals surface area contributed by atoms with Gasteiger partial charge in [0, 0.05) is 23.4 Å². The Balaban J connectivity index is 1.22. The summed E-state index contributed by atoms with van der Waals surface area (Å²) in [5, 5.41) is 7.76. The van der Waals surface area contributed by atoms with E-state index in [4.69, 9.17) is 9.26 Å². The quantitative estimate of drug-likeness (QED) is 0.373. The third kappa shape index (κ3) is 3.62. The van der Waals surface area contributed by atoms with Gasteiger partial charge in [-0.15, -0.1) is 0 Å². The number of carbonyl (C=O) groups is 1. The average Bonchev–Trinajstić information content (AvgIpc) is 3.49. The lowest BCUT2D eigenvalue weighted by atomic mass is 10.3. The van der Waals surface area contributed by atoms with E-state index in [1.54, 1.807) is 15.7 Å². The van der Waals surface area contributed by atoms with Crippen molar-refractivity contribution in [1.82, 2.24) is 19.5 Å². The molecule has 0 bridgehead atoms. The number of thiazole rings is 1. The molecule has 10 heteroatoms. The number of benzene rings is 1.